The molecule has 2 saturated heterocycles. The number of carbonyl (C=O) groups excluding carboxylic acids is 1. The number of pyridine rings is 2. The standard InChI is InChI=1S/C38H40N8O4/c1-24(47)45-16-11-35-32(23-45)37(43-46(35)29-12-17-50-18-13-29)30-4-2-3-26-20-34(40-22-31(26)30)27-5-6-28(39-21-27)19-25-9-14-44(15-10-25)36-8-7-33(38(48)49)41-42-36/h2-8,20-22,25,29H,9-19,23H2,1H3,(H,48,49). The second-order valence-corrected chi connectivity index (χ2v) is 13.6. The lowest BCUT2D eigenvalue weighted by molar-refractivity contribution is -0.129. The highest BCUT2D eigenvalue weighted by molar-refractivity contribution is 5.97. The number of amides is 1. The van der Waals surface area contributed by atoms with E-state index >= 15 is 0 Å². The number of anilines is 1. The van der Waals surface area contributed by atoms with Crippen molar-refractivity contribution in [3.63, 3.8) is 0 Å². The minimum absolute atomic E-state index is 0.0441. The van der Waals surface area contributed by atoms with Gasteiger partial charge >= 0.3 is 5.97 Å². The van der Waals surface area contributed by atoms with Crippen LogP contribution < -0.4 is 4.90 Å². The van der Waals surface area contributed by atoms with Gasteiger partial charge in [-0.1, -0.05) is 18.2 Å². The van der Waals surface area contributed by atoms with Gasteiger partial charge in [0.1, 0.15) is 0 Å². The Balaban J connectivity index is 0.989. The Labute approximate surface area is 290 Å². The molecule has 8 rings (SSSR count). The highest BCUT2D eigenvalue weighted by Gasteiger charge is 2.31. The lowest BCUT2D eigenvalue weighted by atomic mass is 9.92. The molecule has 1 N–H and O–H groups in total. The van der Waals surface area contributed by atoms with Gasteiger partial charge in [0.25, 0.3) is 0 Å². The summed E-state index contributed by atoms with van der Waals surface area (Å²) in [6.07, 6.45) is 9.47. The molecular weight excluding hydrogens is 632 g/mol. The van der Waals surface area contributed by atoms with Crippen molar-refractivity contribution in [1.29, 1.82) is 0 Å². The number of aromatic carboxylic acids is 1. The first-order valence-corrected chi connectivity index (χ1v) is 17.5. The highest BCUT2D eigenvalue weighted by atomic mass is 16.5. The molecule has 7 heterocycles. The monoisotopic (exact) mass is 672 g/mol. The maximum atomic E-state index is 12.4. The third-order valence-electron chi connectivity index (χ3n) is 10.5. The fourth-order valence-electron chi connectivity index (χ4n) is 7.67. The van der Waals surface area contributed by atoms with E-state index in [1.54, 1.807) is 13.0 Å². The Hall–Kier alpha value is -5.23. The van der Waals surface area contributed by atoms with Crippen LogP contribution in [-0.2, 0) is 28.9 Å². The summed E-state index contributed by atoms with van der Waals surface area (Å²) in [5.74, 6) is 0.247. The van der Waals surface area contributed by atoms with Crippen LogP contribution in [0.1, 0.15) is 66.1 Å². The third kappa shape index (κ3) is 6.31. The number of hydrogen-bond acceptors (Lipinski definition) is 9. The summed E-state index contributed by atoms with van der Waals surface area (Å²) >= 11 is 0. The summed E-state index contributed by atoms with van der Waals surface area (Å²) < 4.78 is 7.89. The predicted octanol–water partition coefficient (Wildman–Crippen LogP) is 5.36. The SMILES string of the molecule is CC(=O)N1CCc2c(c(-c3cccc4cc(-c5ccc(CC6CCN(c7ccc(C(=O)O)nn7)CC6)nc5)ncc34)nn2C2CCOCC2)C1. The molecule has 0 saturated carbocycles. The number of piperidine rings is 1. The second kappa shape index (κ2) is 13.6. The van der Waals surface area contributed by atoms with Crippen LogP contribution in [0.4, 0.5) is 5.82 Å². The molecule has 5 aromatic rings. The molecule has 1 amide bonds. The predicted molar refractivity (Wildman–Crippen MR) is 188 cm³/mol. The molecule has 1 aromatic carbocycles. The van der Waals surface area contributed by atoms with Crippen molar-refractivity contribution in [1.82, 2.24) is 34.8 Å². The normalized spacial score (nSPS) is 17.2. The first-order valence-electron chi connectivity index (χ1n) is 17.5. The molecule has 0 radical (unpaired) electrons. The zero-order chi connectivity index (χ0) is 34.2. The van der Waals surface area contributed by atoms with Crippen molar-refractivity contribution in [3.05, 3.63) is 83.6 Å². The smallest absolute Gasteiger partial charge is 0.356 e. The Morgan fingerprint density at radius 1 is 0.940 bits per heavy atom. The van der Waals surface area contributed by atoms with E-state index in [9.17, 15) is 9.59 Å². The summed E-state index contributed by atoms with van der Waals surface area (Å²) in [5, 5.41) is 24.4. The van der Waals surface area contributed by atoms with E-state index in [1.807, 2.05) is 17.3 Å². The van der Waals surface area contributed by atoms with Crippen molar-refractivity contribution >= 4 is 28.5 Å². The summed E-state index contributed by atoms with van der Waals surface area (Å²) in [7, 11) is 0. The second-order valence-electron chi connectivity index (χ2n) is 13.6. The van der Waals surface area contributed by atoms with Gasteiger partial charge in [0.15, 0.2) is 11.5 Å². The van der Waals surface area contributed by atoms with E-state index in [-0.39, 0.29) is 11.6 Å². The fraction of sp³-hybridized carbons (Fsp3) is 0.395. The topological polar surface area (TPSA) is 139 Å². The minimum Gasteiger partial charge on any atom is -0.476 e. The molecule has 3 aliphatic rings. The van der Waals surface area contributed by atoms with E-state index in [0.29, 0.717) is 25.0 Å². The Bertz CT molecular complexity index is 2030. The largest absolute Gasteiger partial charge is 0.476 e. The molecule has 256 valence electrons. The van der Waals surface area contributed by atoms with Crippen LogP contribution in [0.15, 0.2) is 60.9 Å². The van der Waals surface area contributed by atoms with E-state index < -0.39 is 5.97 Å². The van der Waals surface area contributed by atoms with Crippen LogP contribution in [0, 0.1) is 5.92 Å². The molecule has 12 nitrogen and oxygen atoms in total. The Kier molecular flexibility index (Phi) is 8.70. The first kappa shape index (κ1) is 32.0. The van der Waals surface area contributed by atoms with Crippen LogP contribution in [-0.4, -0.2) is 84.7 Å². The molecule has 50 heavy (non-hydrogen) atoms. The maximum absolute atomic E-state index is 12.4. The van der Waals surface area contributed by atoms with Crippen LogP contribution in [0.3, 0.4) is 0 Å². The molecular formula is C38H40N8O4. The van der Waals surface area contributed by atoms with Gasteiger partial charge in [-0.25, -0.2) is 4.79 Å². The Morgan fingerprint density at radius 3 is 2.50 bits per heavy atom. The number of aromatic nitrogens is 6. The average molecular weight is 673 g/mol. The molecule has 0 unspecified atom stereocenters. The number of carbonyl (C=O) groups is 2. The number of carboxylic acid groups (broad SMARTS) is 1. The van der Waals surface area contributed by atoms with Crippen LogP contribution in [0.25, 0.3) is 33.3 Å². The summed E-state index contributed by atoms with van der Waals surface area (Å²) in [6.45, 7) is 6.11. The fourth-order valence-corrected chi connectivity index (χ4v) is 7.67. The van der Waals surface area contributed by atoms with Gasteiger partial charge in [-0.05, 0) is 73.7 Å². The average Bonchev–Trinajstić information content (AvgIpc) is 3.54. The lowest BCUT2D eigenvalue weighted by Crippen LogP contribution is -2.35. The van der Waals surface area contributed by atoms with E-state index in [1.165, 1.54) is 11.8 Å². The van der Waals surface area contributed by atoms with E-state index in [4.69, 9.17) is 24.9 Å². The molecule has 0 atom stereocenters. The van der Waals surface area contributed by atoms with Gasteiger partial charge in [0, 0.05) is 98.6 Å². The molecule has 4 aromatic heterocycles. The van der Waals surface area contributed by atoms with Crippen LogP contribution >= 0.6 is 0 Å². The quantitative estimate of drug-likeness (QED) is 0.240. The number of ether oxygens (including phenoxy) is 1. The highest BCUT2D eigenvalue weighted by Crippen LogP contribution is 2.37. The van der Waals surface area contributed by atoms with Gasteiger partial charge in [-0.15, -0.1) is 10.2 Å². The van der Waals surface area contributed by atoms with Gasteiger partial charge in [-0.3, -0.25) is 19.4 Å². The van der Waals surface area contributed by atoms with Gasteiger partial charge in [0.2, 0.25) is 5.91 Å². The zero-order valence-electron chi connectivity index (χ0n) is 28.2. The summed E-state index contributed by atoms with van der Waals surface area (Å²) in [6, 6.07) is 16.2. The van der Waals surface area contributed by atoms with Crippen molar-refractivity contribution in [2.24, 2.45) is 5.92 Å². The number of carboxylic acids is 1. The van der Waals surface area contributed by atoms with E-state index in [2.05, 4.69) is 56.2 Å². The number of rotatable bonds is 7. The first-order chi connectivity index (χ1) is 24.4. The number of fused-ring (bicyclic) bond motifs is 2. The molecule has 3 aliphatic heterocycles. The van der Waals surface area contributed by atoms with Crippen molar-refractivity contribution < 1.29 is 19.4 Å². The van der Waals surface area contributed by atoms with Crippen LogP contribution in [0.2, 0.25) is 0 Å². The molecule has 12 heteroatoms. The minimum atomic E-state index is -1.07. The summed E-state index contributed by atoms with van der Waals surface area (Å²) in [4.78, 5) is 37.3. The summed E-state index contributed by atoms with van der Waals surface area (Å²) in [5.41, 5.74) is 7.22. The molecule has 0 aliphatic carbocycles. The number of hydrogen-bond donors (Lipinski definition) is 1. The zero-order valence-corrected chi connectivity index (χ0v) is 28.2. The van der Waals surface area contributed by atoms with Gasteiger partial charge in [-0.2, -0.15) is 5.10 Å². The maximum Gasteiger partial charge on any atom is 0.356 e. The number of benzene rings is 1. The Morgan fingerprint density at radius 2 is 1.78 bits per heavy atom. The lowest BCUT2D eigenvalue weighted by Gasteiger charge is -2.32. The van der Waals surface area contributed by atoms with Crippen LogP contribution in [0.5, 0.6) is 0 Å². The molecule has 0 spiro atoms. The molecule has 2 fully saturated rings. The third-order valence-corrected chi connectivity index (χ3v) is 10.5. The van der Waals surface area contributed by atoms with Crippen molar-refractivity contribution in [2.75, 3.05) is 37.7 Å². The van der Waals surface area contributed by atoms with E-state index in [0.717, 1.165) is 115 Å². The molecule has 0 bridgehead atoms. The number of nitrogens with zero attached hydrogens (tertiary/aromatic N) is 8. The van der Waals surface area contributed by atoms with Crippen molar-refractivity contribution in [3.8, 4) is 22.5 Å². The van der Waals surface area contributed by atoms with Crippen molar-refractivity contribution in [2.45, 2.75) is 58.0 Å². The van der Waals surface area contributed by atoms with Gasteiger partial charge in [0.05, 0.1) is 17.4 Å². The van der Waals surface area contributed by atoms with Gasteiger partial charge < -0.3 is 19.6 Å².